The lowest BCUT2D eigenvalue weighted by atomic mass is 10.0. The summed E-state index contributed by atoms with van der Waals surface area (Å²) in [6.45, 7) is 5.44. The minimum atomic E-state index is 0. The normalized spacial score (nSPS) is 11.9. The van der Waals surface area contributed by atoms with Gasteiger partial charge in [-0.25, -0.2) is 0 Å². The van der Waals surface area contributed by atoms with Crippen LogP contribution in [0.1, 0.15) is 36.2 Å². The summed E-state index contributed by atoms with van der Waals surface area (Å²) in [5.74, 6) is 0.469. The molecule has 0 radical (unpaired) electrons. The topological polar surface area (TPSA) is 55.6 Å². The molecule has 2 N–H and O–H groups in total. The molecule has 0 aliphatic heterocycles. The summed E-state index contributed by atoms with van der Waals surface area (Å²) in [6, 6.07) is 7.66. The molecule has 4 nitrogen and oxygen atoms in total. The van der Waals surface area contributed by atoms with Crippen LogP contribution in [0.15, 0.2) is 24.3 Å². The number of hydrogen-bond donors (Lipinski definition) is 1. The predicted molar refractivity (Wildman–Crippen MR) is 88.8 cm³/mol. The van der Waals surface area contributed by atoms with E-state index in [4.69, 9.17) is 10.5 Å². The first-order chi connectivity index (χ1) is 9.45. The summed E-state index contributed by atoms with van der Waals surface area (Å²) in [6.07, 6.45) is 0.821. The molecular weight excluding hydrogens is 288 g/mol. The number of nitrogens with zero attached hydrogens (tertiary/aromatic N) is 1. The SMILES string of the molecule is COCc1ccc(C(=O)N(C)CCC(N)C(C)C)cc1.Cl. The summed E-state index contributed by atoms with van der Waals surface area (Å²) in [5, 5.41) is 0. The molecule has 0 saturated carbocycles. The van der Waals surface area contributed by atoms with Gasteiger partial charge in [-0.3, -0.25) is 4.79 Å². The first-order valence-corrected chi connectivity index (χ1v) is 7.04. The van der Waals surface area contributed by atoms with Crippen LogP contribution in [0, 0.1) is 5.92 Å². The largest absolute Gasteiger partial charge is 0.380 e. The fourth-order valence-corrected chi connectivity index (χ4v) is 1.91. The van der Waals surface area contributed by atoms with Crippen LogP contribution in [0.5, 0.6) is 0 Å². The monoisotopic (exact) mass is 314 g/mol. The van der Waals surface area contributed by atoms with Gasteiger partial charge in [0, 0.05) is 32.3 Å². The van der Waals surface area contributed by atoms with Crippen LogP contribution < -0.4 is 5.73 Å². The number of nitrogens with two attached hydrogens (primary N) is 1. The van der Waals surface area contributed by atoms with E-state index < -0.39 is 0 Å². The van der Waals surface area contributed by atoms with E-state index in [1.54, 1.807) is 12.0 Å². The second-order valence-corrected chi connectivity index (χ2v) is 5.55. The Morgan fingerprint density at radius 2 is 1.86 bits per heavy atom. The average molecular weight is 315 g/mol. The number of halogens is 1. The van der Waals surface area contributed by atoms with Crippen molar-refractivity contribution in [3.8, 4) is 0 Å². The Hall–Kier alpha value is -1.10. The predicted octanol–water partition coefficient (Wildman–Crippen LogP) is 2.70. The highest BCUT2D eigenvalue weighted by atomic mass is 35.5. The summed E-state index contributed by atoms with van der Waals surface area (Å²) >= 11 is 0. The van der Waals surface area contributed by atoms with Gasteiger partial charge in [0.1, 0.15) is 0 Å². The number of methoxy groups -OCH3 is 1. The van der Waals surface area contributed by atoms with Crippen LogP contribution in [0.4, 0.5) is 0 Å². The van der Waals surface area contributed by atoms with Crippen molar-refractivity contribution in [3.05, 3.63) is 35.4 Å². The number of carbonyl (C=O) groups excluding carboxylic acids is 1. The molecule has 1 unspecified atom stereocenters. The summed E-state index contributed by atoms with van der Waals surface area (Å²) in [4.78, 5) is 14.0. The molecule has 0 heterocycles. The molecule has 0 aliphatic rings. The molecule has 1 atom stereocenters. The molecule has 0 aromatic heterocycles. The van der Waals surface area contributed by atoms with E-state index in [0.29, 0.717) is 24.6 Å². The highest BCUT2D eigenvalue weighted by Crippen LogP contribution is 2.09. The van der Waals surface area contributed by atoms with Crippen LogP contribution >= 0.6 is 12.4 Å². The van der Waals surface area contributed by atoms with E-state index in [1.165, 1.54) is 0 Å². The number of ether oxygens (including phenoxy) is 1. The average Bonchev–Trinajstić information content (AvgIpc) is 2.44. The molecule has 21 heavy (non-hydrogen) atoms. The molecule has 1 aromatic carbocycles. The van der Waals surface area contributed by atoms with Crippen LogP contribution in [-0.4, -0.2) is 37.6 Å². The lowest BCUT2D eigenvalue weighted by Gasteiger charge is -2.21. The van der Waals surface area contributed by atoms with Crippen LogP contribution in [0.3, 0.4) is 0 Å². The van der Waals surface area contributed by atoms with Gasteiger partial charge in [-0.05, 0) is 30.0 Å². The van der Waals surface area contributed by atoms with E-state index in [2.05, 4.69) is 13.8 Å². The highest BCUT2D eigenvalue weighted by Gasteiger charge is 2.14. The van der Waals surface area contributed by atoms with Gasteiger partial charge in [0.15, 0.2) is 0 Å². The van der Waals surface area contributed by atoms with Crippen molar-refractivity contribution >= 4 is 18.3 Å². The van der Waals surface area contributed by atoms with E-state index in [-0.39, 0.29) is 24.4 Å². The lowest BCUT2D eigenvalue weighted by Crippen LogP contribution is -2.34. The molecule has 0 bridgehead atoms. The third-order valence-corrected chi connectivity index (χ3v) is 3.51. The number of hydrogen-bond acceptors (Lipinski definition) is 3. The van der Waals surface area contributed by atoms with Crippen molar-refractivity contribution < 1.29 is 9.53 Å². The number of amides is 1. The summed E-state index contributed by atoms with van der Waals surface area (Å²) in [7, 11) is 3.48. The Kier molecular flexibility index (Phi) is 9.26. The second kappa shape index (κ2) is 9.77. The van der Waals surface area contributed by atoms with Crippen molar-refractivity contribution in [1.29, 1.82) is 0 Å². The van der Waals surface area contributed by atoms with Crippen molar-refractivity contribution in [2.45, 2.75) is 32.9 Å². The van der Waals surface area contributed by atoms with Gasteiger partial charge >= 0.3 is 0 Å². The van der Waals surface area contributed by atoms with Gasteiger partial charge in [0.25, 0.3) is 5.91 Å². The van der Waals surface area contributed by atoms with Crippen LogP contribution in [0.2, 0.25) is 0 Å². The molecule has 0 aliphatic carbocycles. The third kappa shape index (κ3) is 6.46. The maximum Gasteiger partial charge on any atom is 0.253 e. The molecule has 5 heteroatoms. The Bertz CT molecular complexity index is 421. The Morgan fingerprint density at radius 3 is 2.33 bits per heavy atom. The molecule has 1 rings (SSSR count). The first-order valence-electron chi connectivity index (χ1n) is 7.04. The molecular formula is C16H27ClN2O2. The van der Waals surface area contributed by atoms with Crippen molar-refractivity contribution in [1.82, 2.24) is 4.90 Å². The van der Waals surface area contributed by atoms with Crippen molar-refractivity contribution in [3.63, 3.8) is 0 Å². The van der Waals surface area contributed by atoms with Gasteiger partial charge < -0.3 is 15.4 Å². The number of rotatable bonds is 7. The Balaban J connectivity index is 0.00000400. The molecule has 0 spiro atoms. The fourth-order valence-electron chi connectivity index (χ4n) is 1.91. The van der Waals surface area contributed by atoms with Gasteiger partial charge in [0.05, 0.1) is 6.61 Å². The Morgan fingerprint density at radius 1 is 1.29 bits per heavy atom. The molecule has 1 aromatic rings. The number of benzene rings is 1. The summed E-state index contributed by atoms with van der Waals surface area (Å²) < 4.78 is 5.05. The number of carbonyl (C=O) groups is 1. The molecule has 1 amide bonds. The van der Waals surface area contributed by atoms with Crippen molar-refractivity contribution in [2.75, 3.05) is 20.7 Å². The van der Waals surface area contributed by atoms with Gasteiger partial charge in [-0.1, -0.05) is 26.0 Å². The third-order valence-electron chi connectivity index (χ3n) is 3.51. The smallest absolute Gasteiger partial charge is 0.253 e. The van der Waals surface area contributed by atoms with Crippen LogP contribution in [0.25, 0.3) is 0 Å². The quantitative estimate of drug-likeness (QED) is 0.842. The maximum atomic E-state index is 12.3. The summed E-state index contributed by atoms with van der Waals surface area (Å²) in [5.41, 5.74) is 7.77. The van der Waals surface area contributed by atoms with E-state index >= 15 is 0 Å². The lowest BCUT2D eigenvalue weighted by molar-refractivity contribution is 0.0789. The van der Waals surface area contributed by atoms with Gasteiger partial charge in [-0.2, -0.15) is 0 Å². The zero-order chi connectivity index (χ0) is 15.1. The first kappa shape index (κ1) is 19.9. The van der Waals surface area contributed by atoms with Gasteiger partial charge in [-0.15, -0.1) is 12.4 Å². The minimum absolute atomic E-state index is 0. The molecule has 120 valence electrons. The van der Waals surface area contributed by atoms with E-state index in [0.717, 1.165) is 12.0 Å². The van der Waals surface area contributed by atoms with E-state index in [1.807, 2.05) is 31.3 Å². The standard InChI is InChI=1S/C16H26N2O2.ClH/c1-12(2)15(17)9-10-18(3)16(19)14-7-5-13(6-8-14)11-20-4;/h5-8,12,15H,9-11,17H2,1-4H3;1H. The Labute approximate surface area is 134 Å². The minimum Gasteiger partial charge on any atom is -0.380 e. The van der Waals surface area contributed by atoms with E-state index in [9.17, 15) is 4.79 Å². The van der Waals surface area contributed by atoms with Crippen LogP contribution in [-0.2, 0) is 11.3 Å². The zero-order valence-corrected chi connectivity index (χ0v) is 14.2. The fraction of sp³-hybridized carbons (Fsp3) is 0.562. The molecule has 0 saturated heterocycles. The van der Waals surface area contributed by atoms with Crippen molar-refractivity contribution in [2.24, 2.45) is 11.7 Å². The molecule has 0 fully saturated rings. The van der Waals surface area contributed by atoms with Gasteiger partial charge in [0.2, 0.25) is 0 Å². The maximum absolute atomic E-state index is 12.3. The highest BCUT2D eigenvalue weighted by molar-refractivity contribution is 5.94. The zero-order valence-electron chi connectivity index (χ0n) is 13.3. The second-order valence-electron chi connectivity index (χ2n) is 5.55.